The molecule has 18 heavy (non-hydrogen) atoms. The fourth-order valence-electron chi connectivity index (χ4n) is 2.20. The topological polar surface area (TPSA) is 27.9 Å². The molecule has 1 aromatic carbocycles. The largest absolute Gasteiger partial charge is 0.378 e. The maximum Gasteiger partial charge on any atom is 0.210 e. The molecule has 4 nitrogen and oxygen atoms in total. The molecule has 0 saturated carbocycles. The van der Waals surface area contributed by atoms with Gasteiger partial charge in [0.05, 0.1) is 6.57 Å². The number of rotatable bonds is 3. The van der Waals surface area contributed by atoms with Gasteiger partial charge in [-0.2, -0.15) is 0 Å². The van der Waals surface area contributed by atoms with Crippen LogP contribution in [0.15, 0.2) is 18.2 Å². The second kappa shape index (κ2) is 5.65. The van der Waals surface area contributed by atoms with Crippen LogP contribution in [0.25, 0.3) is 4.85 Å². The Bertz CT molecular complexity index is 470. The molecule has 0 unspecified atom stereocenters. The van der Waals surface area contributed by atoms with Gasteiger partial charge in [0, 0.05) is 38.3 Å². The van der Waals surface area contributed by atoms with Crippen molar-refractivity contribution in [3.8, 4) is 0 Å². The molecular weight excluding hydrogens is 226 g/mol. The Morgan fingerprint density at radius 1 is 1.33 bits per heavy atom. The number of carbonyl (C=O) groups is 1. The lowest BCUT2D eigenvalue weighted by Gasteiger charge is -2.34. The summed E-state index contributed by atoms with van der Waals surface area (Å²) in [5, 5.41) is 0. The van der Waals surface area contributed by atoms with Crippen molar-refractivity contribution in [1.29, 1.82) is 0 Å². The second-order valence-electron chi connectivity index (χ2n) is 4.60. The SMILES string of the molecule is [C-]#[N+]c1cc(CC=O)ccc1N1CCN(C)CC1. The zero-order valence-corrected chi connectivity index (χ0v) is 10.6. The number of hydrogen-bond donors (Lipinski definition) is 0. The molecule has 0 N–H and O–H groups in total. The first-order valence-electron chi connectivity index (χ1n) is 6.12. The Morgan fingerprint density at radius 3 is 2.67 bits per heavy atom. The van der Waals surface area contributed by atoms with Gasteiger partial charge in [-0.05, 0) is 13.1 Å². The molecule has 0 radical (unpaired) electrons. The second-order valence-corrected chi connectivity index (χ2v) is 4.60. The van der Waals surface area contributed by atoms with E-state index in [1.54, 1.807) is 0 Å². The van der Waals surface area contributed by atoms with Crippen molar-refractivity contribution >= 4 is 17.7 Å². The highest BCUT2D eigenvalue weighted by Gasteiger charge is 2.17. The normalized spacial score (nSPS) is 16.3. The summed E-state index contributed by atoms with van der Waals surface area (Å²) in [6, 6.07) is 5.74. The summed E-state index contributed by atoms with van der Waals surface area (Å²) in [6.07, 6.45) is 1.25. The van der Waals surface area contributed by atoms with E-state index in [2.05, 4.69) is 21.7 Å². The molecule has 0 amide bonds. The predicted octanol–water partition coefficient (Wildman–Crippen LogP) is 1.73. The number of hydrogen-bond acceptors (Lipinski definition) is 3. The molecule has 1 aliphatic heterocycles. The molecule has 1 heterocycles. The van der Waals surface area contributed by atoms with Crippen molar-refractivity contribution < 1.29 is 4.79 Å². The maximum atomic E-state index is 10.5. The van der Waals surface area contributed by atoms with E-state index < -0.39 is 0 Å². The summed E-state index contributed by atoms with van der Waals surface area (Å²) in [5.41, 5.74) is 2.56. The fraction of sp³-hybridized carbons (Fsp3) is 0.429. The van der Waals surface area contributed by atoms with Crippen LogP contribution < -0.4 is 4.90 Å². The minimum atomic E-state index is 0.380. The summed E-state index contributed by atoms with van der Waals surface area (Å²) in [7, 11) is 2.11. The van der Waals surface area contributed by atoms with Crippen LogP contribution in [0.3, 0.4) is 0 Å². The van der Waals surface area contributed by atoms with Gasteiger partial charge in [0.2, 0.25) is 5.69 Å². The predicted molar refractivity (Wildman–Crippen MR) is 72.2 cm³/mol. The smallest absolute Gasteiger partial charge is 0.210 e. The standard InChI is InChI=1S/C14H17N3O/c1-15-13-11-12(5-10-18)3-4-14(13)17-8-6-16(2)7-9-17/h3-4,10-11H,5-9H2,2H3. The number of likely N-dealkylation sites (N-methyl/N-ethyl adjacent to an activating group) is 1. The number of aldehydes is 1. The van der Waals surface area contributed by atoms with Crippen LogP contribution in [0.4, 0.5) is 11.4 Å². The van der Waals surface area contributed by atoms with Gasteiger partial charge in [0.1, 0.15) is 6.29 Å². The highest BCUT2D eigenvalue weighted by atomic mass is 16.1. The van der Waals surface area contributed by atoms with Gasteiger partial charge in [-0.15, -0.1) is 0 Å². The Balaban J connectivity index is 2.22. The first-order valence-corrected chi connectivity index (χ1v) is 6.12. The monoisotopic (exact) mass is 243 g/mol. The van der Waals surface area contributed by atoms with Crippen molar-refractivity contribution in [3.63, 3.8) is 0 Å². The van der Waals surface area contributed by atoms with Crippen LogP contribution in [0.2, 0.25) is 0 Å². The highest BCUT2D eigenvalue weighted by Crippen LogP contribution is 2.30. The Labute approximate surface area is 108 Å². The lowest BCUT2D eigenvalue weighted by molar-refractivity contribution is -0.107. The van der Waals surface area contributed by atoms with Gasteiger partial charge in [-0.1, -0.05) is 17.7 Å². The first kappa shape index (κ1) is 12.6. The van der Waals surface area contributed by atoms with Gasteiger partial charge in [-0.25, -0.2) is 4.85 Å². The molecule has 1 saturated heterocycles. The Kier molecular flexibility index (Phi) is 3.96. The fourth-order valence-corrected chi connectivity index (χ4v) is 2.20. The molecule has 1 fully saturated rings. The number of carbonyl (C=O) groups excluding carboxylic acids is 1. The zero-order valence-electron chi connectivity index (χ0n) is 10.6. The van der Waals surface area contributed by atoms with E-state index in [4.69, 9.17) is 6.57 Å². The third-order valence-electron chi connectivity index (χ3n) is 3.32. The molecular formula is C14H17N3O. The molecule has 94 valence electrons. The molecule has 1 aromatic rings. The van der Waals surface area contributed by atoms with Gasteiger partial charge < -0.3 is 14.6 Å². The van der Waals surface area contributed by atoms with E-state index in [1.807, 2.05) is 18.2 Å². The van der Waals surface area contributed by atoms with Crippen molar-refractivity contribution in [1.82, 2.24) is 4.90 Å². The zero-order chi connectivity index (χ0) is 13.0. The van der Waals surface area contributed by atoms with Crippen molar-refractivity contribution in [2.75, 3.05) is 38.1 Å². The van der Waals surface area contributed by atoms with Crippen LogP contribution in [0, 0.1) is 6.57 Å². The van der Waals surface area contributed by atoms with Crippen LogP contribution in [-0.4, -0.2) is 44.4 Å². The van der Waals surface area contributed by atoms with E-state index in [1.165, 1.54) is 0 Å². The quantitative estimate of drug-likeness (QED) is 0.598. The minimum absolute atomic E-state index is 0.380. The van der Waals surface area contributed by atoms with Gasteiger partial charge in [0.15, 0.2) is 0 Å². The lowest BCUT2D eigenvalue weighted by atomic mass is 10.1. The van der Waals surface area contributed by atoms with E-state index in [0.29, 0.717) is 12.1 Å². The number of anilines is 1. The van der Waals surface area contributed by atoms with Crippen LogP contribution in [0.1, 0.15) is 5.56 Å². The molecule has 4 heteroatoms. The summed E-state index contributed by atoms with van der Waals surface area (Å²) < 4.78 is 0. The number of piperazine rings is 1. The highest BCUT2D eigenvalue weighted by molar-refractivity contribution is 5.73. The minimum Gasteiger partial charge on any atom is -0.378 e. The van der Waals surface area contributed by atoms with Crippen LogP contribution in [0.5, 0.6) is 0 Å². The van der Waals surface area contributed by atoms with E-state index in [0.717, 1.165) is 43.7 Å². The Hall–Kier alpha value is -1.86. The molecule has 0 spiro atoms. The van der Waals surface area contributed by atoms with Crippen molar-refractivity contribution in [3.05, 3.63) is 35.2 Å². The number of benzene rings is 1. The maximum absolute atomic E-state index is 10.5. The average Bonchev–Trinajstić information content (AvgIpc) is 2.40. The summed E-state index contributed by atoms with van der Waals surface area (Å²) in [4.78, 5) is 18.6. The van der Waals surface area contributed by atoms with Crippen molar-refractivity contribution in [2.45, 2.75) is 6.42 Å². The van der Waals surface area contributed by atoms with E-state index >= 15 is 0 Å². The Morgan fingerprint density at radius 2 is 2.06 bits per heavy atom. The average molecular weight is 243 g/mol. The molecule has 0 aromatic heterocycles. The van der Waals surface area contributed by atoms with E-state index in [9.17, 15) is 4.79 Å². The van der Waals surface area contributed by atoms with Crippen molar-refractivity contribution in [2.24, 2.45) is 0 Å². The van der Waals surface area contributed by atoms with Crippen LogP contribution >= 0.6 is 0 Å². The summed E-state index contributed by atoms with van der Waals surface area (Å²) in [5.74, 6) is 0. The molecule has 1 aliphatic rings. The van der Waals surface area contributed by atoms with Gasteiger partial charge in [0.25, 0.3) is 0 Å². The molecule has 0 aliphatic carbocycles. The lowest BCUT2D eigenvalue weighted by Crippen LogP contribution is -2.44. The molecule has 0 bridgehead atoms. The third-order valence-corrected chi connectivity index (χ3v) is 3.32. The number of nitrogens with zero attached hydrogens (tertiary/aromatic N) is 3. The summed E-state index contributed by atoms with van der Waals surface area (Å²) in [6.45, 7) is 11.2. The summed E-state index contributed by atoms with van der Waals surface area (Å²) >= 11 is 0. The molecule has 0 atom stereocenters. The van der Waals surface area contributed by atoms with E-state index in [-0.39, 0.29) is 0 Å². The van der Waals surface area contributed by atoms with Gasteiger partial charge >= 0.3 is 0 Å². The third kappa shape index (κ3) is 2.69. The van der Waals surface area contributed by atoms with Crippen LogP contribution in [-0.2, 0) is 11.2 Å². The first-order chi connectivity index (χ1) is 8.74. The molecule has 2 rings (SSSR count). The van der Waals surface area contributed by atoms with Gasteiger partial charge in [-0.3, -0.25) is 0 Å².